The van der Waals surface area contributed by atoms with Crippen molar-refractivity contribution in [2.24, 2.45) is 17.3 Å². The molecule has 2 aromatic rings. The molecule has 8 nitrogen and oxygen atoms in total. The van der Waals surface area contributed by atoms with E-state index in [2.05, 4.69) is 69.8 Å². The van der Waals surface area contributed by atoms with Gasteiger partial charge < -0.3 is 10.1 Å². The molecule has 4 N–H and O–H groups in total. The second-order valence-electron chi connectivity index (χ2n) is 15.3. The van der Waals surface area contributed by atoms with Crippen LogP contribution < -0.4 is 25.4 Å². The van der Waals surface area contributed by atoms with Crippen molar-refractivity contribution in [3.8, 4) is 5.88 Å². The van der Waals surface area contributed by atoms with E-state index in [1.807, 2.05) is 22.8 Å². The van der Waals surface area contributed by atoms with Gasteiger partial charge in [0, 0.05) is 36.8 Å². The topological polar surface area (TPSA) is 78.4 Å². The second kappa shape index (κ2) is 13.8. The number of nitrogens with zero attached hydrogens (tertiary/aromatic N) is 3. The van der Waals surface area contributed by atoms with Crippen LogP contribution >= 0.6 is 11.9 Å². The van der Waals surface area contributed by atoms with Crippen LogP contribution in [0, 0.1) is 17.3 Å². The summed E-state index contributed by atoms with van der Waals surface area (Å²) < 4.78 is 51.6. The van der Waals surface area contributed by atoms with Gasteiger partial charge in [0.05, 0.1) is 29.7 Å². The Labute approximate surface area is 281 Å². The van der Waals surface area contributed by atoms with Crippen LogP contribution in [0.1, 0.15) is 95.7 Å². The Balaban J connectivity index is 1.08. The fourth-order valence-electron chi connectivity index (χ4n) is 8.74. The van der Waals surface area contributed by atoms with E-state index in [0.717, 1.165) is 45.3 Å². The number of benzene rings is 1. The molecule has 47 heavy (non-hydrogen) atoms. The van der Waals surface area contributed by atoms with Gasteiger partial charge in [0.2, 0.25) is 5.88 Å². The Morgan fingerprint density at radius 2 is 1.83 bits per heavy atom. The molecule has 8 unspecified atom stereocenters. The van der Waals surface area contributed by atoms with Crippen molar-refractivity contribution < 1.29 is 17.9 Å². The predicted octanol–water partition coefficient (Wildman–Crippen LogP) is 6.36. The van der Waals surface area contributed by atoms with Gasteiger partial charge in [-0.25, -0.2) is 0 Å². The van der Waals surface area contributed by atoms with Crippen LogP contribution in [0.4, 0.5) is 13.2 Å². The standard InChI is InChI=1S/C35H52F3N7OS/c1-33(2)21-26-23-44(33)32-25(11-12-29(42-32)45-19-14-30(43-45)46-20-17-34(15-16-34)35(36,37)38)22-40-47-31-10-6-9-28(41-31)39-18-13-27(26)24-7-4-3-5-8-24/h3-5,7-8,14,19,25-29,31-32,39-42H,6,9-13,15-18,20-23H2,1-2H3. The fourth-order valence-corrected chi connectivity index (χ4v) is 9.77. The van der Waals surface area contributed by atoms with Gasteiger partial charge in [0.15, 0.2) is 0 Å². The van der Waals surface area contributed by atoms with Gasteiger partial charge in [-0.05, 0) is 102 Å². The number of aromatic nitrogens is 2. The summed E-state index contributed by atoms with van der Waals surface area (Å²) in [6.07, 6.45) is 6.40. The molecule has 4 aliphatic heterocycles. The SMILES string of the molecule is CC1(C)CC2CN1C1NC(n3ccc(OCCC4(C(F)(F)F)CC4)n3)CCC1CNSC1CCCC(NCCC2c2ccccc2)N1. The zero-order valence-corrected chi connectivity index (χ0v) is 28.6. The van der Waals surface area contributed by atoms with Crippen molar-refractivity contribution in [1.29, 1.82) is 0 Å². The van der Waals surface area contributed by atoms with Gasteiger partial charge >= 0.3 is 6.18 Å². The van der Waals surface area contributed by atoms with E-state index in [1.165, 1.54) is 24.8 Å². The summed E-state index contributed by atoms with van der Waals surface area (Å²) in [5, 5.41) is 16.8. The highest BCUT2D eigenvalue weighted by molar-refractivity contribution is 7.98. The van der Waals surface area contributed by atoms with Crippen LogP contribution in [0.5, 0.6) is 5.88 Å². The highest BCUT2D eigenvalue weighted by Crippen LogP contribution is 2.59. The minimum atomic E-state index is -4.16. The number of rotatable bonds is 6. The van der Waals surface area contributed by atoms with Crippen molar-refractivity contribution in [3.63, 3.8) is 0 Å². The summed E-state index contributed by atoms with van der Waals surface area (Å²) in [6, 6.07) is 12.9. The molecule has 7 rings (SSSR count). The number of nitrogens with one attached hydrogen (secondary N) is 4. The Morgan fingerprint density at radius 3 is 2.62 bits per heavy atom. The molecule has 0 amide bonds. The fraction of sp³-hybridized carbons (Fsp3) is 0.743. The number of ether oxygens (including phenoxy) is 1. The second-order valence-corrected chi connectivity index (χ2v) is 16.4. The first-order valence-electron chi connectivity index (χ1n) is 17.8. The monoisotopic (exact) mass is 675 g/mol. The number of hydrogen-bond donors (Lipinski definition) is 4. The third-order valence-electron chi connectivity index (χ3n) is 11.7. The minimum absolute atomic E-state index is 0.0118. The van der Waals surface area contributed by atoms with Crippen LogP contribution in [-0.2, 0) is 0 Å². The molecular formula is C35H52F3N7OS. The summed E-state index contributed by atoms with van der Waals surface area (Å²) in [6.45, 7) is 7.77. The lowest BCUT2D eigenvalue weighted by Crippen LogP contribution is -2.60. The van der Waals surface area contributed by atoms with Crippen LogP contribution in [0.3, 0.4) is 0 Å². The molecule has 0 spiro atoms. The van der Waals surface area contributed by atoms with Crippen LogP contribution in [0.2, 0.25) is 0 Å². The van der Waals surface area contributed by atoms with E-state index in [1.54, 1.807) is 6.07 Å². The highest BCUT2D eigenvalue weighted by atomic mass is 32.2. The van der Waals surface area contributed by atoms with Gasteiger partial charge in [0.1, 0.15) is 6.17 Å². The summed E-state index contributed by atoms with van der Waals surface area (Å²) >= 11 is 1.84. The highest BCUT2D eigenvalue weighted by Gasteiger charge is 2.62. The third kappa shape index (κ3) is 7.52. The molecule has 260 valence electrons. The number of piperidine rings is 2. The summed E-state index contributed by atoms with van der Waals surface area (Å²) in [7, 11) is 0. The van der Waals surface area contributed by atoms with E-state index in [4.69, 9.17) is 9.84 Å². The quantitative estimate of drug-likeness (QED) is 0.264. The Hall–Kier alpha value is -1.83. The average molecular weight is 676 g/mol. The smallest absolute Gasteiger partial charge is 0.394 e. The normalized spacial score (nSPS) is 35.7. The predicted molar refractivity (Wildman–Crippen MR) is 180 cm³/mol. The molecule has 1 aliphatic carbocycles. The number of fused-ring (bicyclic) bond motifs is 6. The third-order valence-corrected chi connectivity index (χ3v) is 12.7. The molecule has 1 aromatic carbocycles. The van der Waals surface area contributed by atoms with Crippen molar-refractivity contribution in [1.82, 2.24) is 35.4 Å². The lowest BCUT2D eigenvalue weighted by atomic mass is 9.80. The Kier molecular flexibility index (Phi) is 9.90. The molecule has 1 saturated carbocycles. The van der Waals surface area contributed by atoms with E-state index < -0.39 is 11.6 Å². The van der Waals surface area contributed by atoms with Gasteiger partial charge in [0.25, 0.3) is 0 Å². The van der Waals surface area contributed by atoms with E-state index >= 15 is 0 Å². The lowest BCUT2D eigenvalue weighted by molar-refractivity contribution is -0.190. The zero-order valence-electron chi connectivity index (χ0n) is 27.8. The Morgan fingerprint density at radius 1 is 1.00 bits per heavy atom. The van der Waals surface area contributed by atoms with Crippen molar-refractivity contribution >= 4 is 11.9 Å². The summed E-state index contributed by atoms with van der Waals surface area (Å²) in [5.41, 5.74) is -0.107. The van der Waals surface area contributed by atoms with E-state index in [0.29, 0.717) is 35.2 Å². The first-order valence-corrected chi connectivity index (χ1v) is 18.7. The summed E-state index contributed by atoms with van der Waals surface area (Å²) in [5.74, 6) is 1.82. The van der Waals surface area contributed by atoms with Gasteiger partial charge in [-0.1, -0.05) is 42.3 Å². The van der Waals surface area contributed by atoms with Gasteiger partial charge in [-0.3, -0.25) is 24.9 Å². The van der Waals surface area contributed by atoms with E-state index in [9.17, 15) is 13.2 Å². The van der Waals surface area contributed by atoms with Crippen LogP contribution in [-0.4, -0.2) is 70.3 Å². The number of hydrogen-bond acceptors (Lipinski definition) is 8. The molecule has 5 aliphatic rings. The first-order chi connectivity index (χ1) is 22.6. The van der Waals surface area contributed by atoms with Gasteiger partial charge in [-0.2, -0.15) is 13.2 Å². The molecule has 8 atom stereocenters. The lowest BCUT2D eigenvalue weighted by Gasteiger charge is -2.47. The molecule has 5 fully saturated rings. The van der Waals surface area contributed by atoms with Crippen LogP contribution in [0.25, 0.3) is 0 Å². The Bertz CT molecular complexity index is 1320. The minimum Gasteiger partial charge on any atom is -0.477 e. The maximum Gasteiger partial charge on any atom is 0.394 e. The molecule has 5 heterocycles. The van der Waals surface area contributed by atoms with Crippen LogP contribution in [0.15, 0.2) is 42.6 Å². The van der Waals surface area contributed by atoms with Crippen molar-refractivity contribution in [2.45, 2.75) is 120 Å². The molecule has 12 heteroatoms. The van der Waals surface area contributed by atoms with Crippen molar-refractivity contribution in [2.75, 3.05) is 26.2 Å². The van der Waals surface area contributed by atoms with Crippen molar-refractivity contribution in [3.05, 3.63) is 48.2 Å². The molecule has 0 radical (unpaired) electrons. The first kappa shape index (κ1) is 33.7. The number of halogens is 3. The molecule has 4 bridgehead atoms. The maximum atomic E-state index is 13.4. The average Bonchev–Trinajstić information content (AvgIpc) is 3.60. The molecule has 1 aromatic heterocycles. The maximum absolute atomic E-state index is 13.4. The van der Waals surface area contributed by atoms with E-state index in [-0.39, 0.29) is 43.7 Å². The number of alkyl halides is 3. The summed E-state index contributed by atoms with van der Waals surface area (Å²) in [4.78, 5) is 2.73. The van der Waals surface area contributed by atoms with Gasteiger partial charge in [-0.15, -0.1) is 5.10 Å². The largest absolute Gasteiger partial charge is 0.477 e. The molecular weight excluding hydrogens is 623 g/mol. The molecule has 4 saturated heterocycles. The zero-order chi connectivity index (χ0) is 32.6.